The molecule has 0 saturated carbocycles. The number of ether oxygens (including phenoxy) is 4. The molecule has 9 nitrogen and oxygen atoms in total. The van der Waals surface area contributed by atoms with E-state index in [-0.39, 0.29) is 32.2 Å². The highest BCUT2D eigenvalue weighted by Crippen LogP contribution is 2.16. The second-order valence-corrected chi connectivity index (χ2v) is 22.0. The van der Waals surface area contributed by atoms with Gasteiger partial charge in [0.1, 0.15) is 13.2 Å². The molecule has 0 radical (unpaired) electrons. The van der Waals surface area contributed by atoms with E-state index >= 15 is 0 Å². The predicted octanol–water partition coefficient (Wildman–Crippen LogP) is 17.6. The molecule has 0 aliphatic rings. The predicted molar refractivity (Wildman–Crippen MR) is 324 cm³/mol. The van der Waals surface area contributed by atoms with Crippen molar-refractivity contribution in [3.8, 4) is 0 Å². The number of carboxylic acids is 1. The summed E-state index contributed by atoms with van der Waals surface area (Å²) in [7, 11) is 5.92. The summed E-state index contributed by atoms with van der Waals surface area (Å²) in [6.45, 7) is 4.64. The van der Waals surface area contributed by atoms with Crippen molar-refractivity contribution in [3.63, 3.8) is 0 Å². The maximum atomic E-state index is 12.9. The molecule has 0 aromatic heterocycles. The lowest BCUT2D eigenvalue weighted by Gasteiger charge is -2.26. The molecule has 0 amide bonds. The van der Waals surface area contributed by atoms with Crippen LogP contribution in [0.3, 0.4) is 0 Å². The van der Waals surface area contributed by atoms with Crippen LogP contribution in [0.2, 0.25) is 0 Å². The summed E-state index contributed by atoms with van der Waals surface area (Å²) in [6, 6.07) is 0. The van der Waals surface area contributed by atoms with Crippen molar-refractivity contribution in [1.82, 2.24) is 0 Å². The van der Waals surface area contributed by atoms with Crippen LogP contribution < -0.4 is 5.11 Å². The SMILES string of the molecule is CC/C=C\C/C=C\C/C=C\C/C=C\C/C=C\C/C=C\C/C=C\C/C=C\CCCCCCCCCCCCCCC(=O)OC(COC(=O)CCCCCCCCCCCCCCCCC)COC(OCC[N+](C)(C)C)C(=O)[O-]. The standard InChI is InChI=1S/C68H117NO8/c1-6-8-10-12-14-16-18-20-22-23-24-25-26-27-28-29-30-31-32-33-34-35-36-37-38-39-40-41-42-43-45-47-49-51-53-55-57-59-66(71)77-64(63-76-68(67(72)73)74-61-60-69(3,4)5)62-75-65(70)58-56-54-52-50-48-46-44-21-19-17-15-13-11-9-7-2/h8,10,14,16,20,22,24-25,27-28,30-31,33-34,36-37,64,68H,6-7,9,11-13,15,17-19,21,23,26,29,32,35,38-63H2,1-5H3/b10-8-,16-14-,22-20-,25-24-,28-27-,31-30-,34-33-,37-36-. The Hall–Kier alpha value is -3.79. The molecule has 0 aliphatic carbocycles. The minimum atomic E-state index is -1.62. The van der Waals surface area contributed by atoms with Gasteiger partial charge < -0.3 is 33.3 Å². The van der Waals surface area contributed by atoms with Gasteiger partial charge in [0.2, 0.25) is 0 Å². The summed E-state index contributed by atoms with van der Waals surface area (Å²) in [5.41, 5.74) is 0. The molecule has 0 rings (SSSR count). The van der Waals surface area contributed by atoms with Gasteiger partial charge in [-0.2, -0.15) is 0 Å². The van der Waals surface area contributed by atoms with Crippen molar-refractivity contribution in [2.45, 2.75) is 270 Å². The number of nitrogens with zero attached hydrogens (tertiary/aromatic N) is 1. The summed E-state index contributed by atoms with van der Waals surface area (Å²) in [6.07, 6.45) is 76.1. The number of hydrogen-bond acceptors (Lipinski definition) is 8. The fourth-order valence-electron chi connectivity index (χ4n) is 8.55. The van der Waals surface area contributed by atoms with Gasteiger partial charge in [-0.15, -0.1) is 0 Å². The first-order chi connectivity index (χ1) is 37.6. The zero-order valence-electron chi connectivity index (χ0n) is 50.3. The Labute approximate surface area is 473 Å². The van der Waals surface area contributed by atoms with E-state index in [2.05, 4.69) is 111 Å². The smallest absolute Gasteiger partial charge is 0.306 e. The third-order valence-electron chi connectivity index (χ3n) is 13.3. The highest BCUT2D eigenvalue weighted by molar-refractivity contribution is 5.70. The first-order valence-electron chi connectivity index (χ1n) is 31.4. The lowest BCUT2D eigenvalue weighted by Crippen LogP contribution is -2.44. The normalized spacial score (nSPS) is 13.4. The number of quaternary nitrogens is 1. The fraction of sp³-hybridized carbons (Fsp3) is 0.721. The van der Waals surface area contributed by atoms with Gasteiger partial charge in [0.25, 0.3) is 0 Å². The first-order valence-corrected chi connectivity index (χ1v) is 31.4. The van der Waals surface area contributed by atoms with E-state index in [1.165, 1.54) is 135 Å². The van der Waals surface area contributed by atoms with E-state index in [0.29, 0.717) is 23.9 Å². The molecular weight excluding hydrogens is 959 g/mol. The molecule has 2 unspecified atom stereocenters. The lowest BCUT2D eigenvalue weighted by molar-refractivity contribution is -0.870. The minimum absolute atomic E-state index is 0.145. The topological polar surface area (TPSA) is 111 Å². The van der Waals surface area contributed by atoms with Gasteiger partial charge in [-0.1, -0.05) is 265 Å². The van der Waals surface area contributed by atoms with E-state index in [4.69, 9.17) is 18.9 Å². The highest BCUT2D eigenvalue weighted by atomic mass is 16.7. The number of carbonyl (C=O) groups is 3. The van der Waals surface area contributed by atoms with Gasteiger partial charge in [0, 0.05) is 12.8 Å². The molecule has 77 heavy (non-hydrogen) atoms. The van der Waals surface area contributed by atoms with Crippen molar-refractivity contribution in [2.24, 2.45) is 0 Å². The summed E-state index contributed by atoms with van der Waals surface area (Å²) >= 11 is 0. The third kappa shape index (κ3) is 59.7. The van der Waals surface area contributed by atoms with Crippen LogP contribution in [0, 0.1) is 0 Å². The van der Waals surface area contributed by atoms with E-state index in [9.17, 15) is 19.5 Å². The van der Waals surface area contributed by atoms with Crippen LogP contribution in [0.4, 0.5) is 0 Å². The molecule has 0 fully saturated rings. The van der Waals surface area contributed by atoms with Crippen molar-refractivity contribution < 1.29 is 42.9 Å². The maximum absolute atomic E-state index is 12.9. The number of allylic oxidation sites excluding steroid dienone is 16. The third-order valence-corrected chi connectivity index (χ3v) is 13.3. The largest absolute Gasteiger partial charge is 0.545 e. The first kappa shape index (κ1) is 73.2. The Morgan fingerprint density at radius 1 is 0.403 bits per heavy atom. The Morgan fingerprint density at radius 3 is 1.10 bits per heavy atom. The second-order valence-electron chi connectivity index (χ2n) is 22.0. The number of carbonyl (C=O) groups excluding carboxylic acids is 3. The molecule has 0 saturated heterocycles. The molecule has 0 N–H and O–H groups in total. The summed E-state index contributed by atoms with van der Waals surface area (Å²) < 4.78 is 22.7. The van der Waals surface area contributed by atoms with Crippen LogP contribution >= 0.6 is 0 Å². The second kappa shape index (κ2) is 58.4. The Morgan fingerprint density at radius 2 is 0.740 bits per heavy atom. The fourth-order valence-corrected chi connectivity index (χ4v) is 8.55. The monoisotopic (exact) mass is 1080 g/mol. The number of esters is 2. The molecule has 0 aromatic rings. The van der Waals surface area contributed by atoms with E-state index in [0.717, 1.165) is 89.9 Å². The van der Waals surface area contributed by atoms with E-state index < -0.39 is 24.3 Å². The van der Waals surface area contributed by atoms with Crippen molar-refractivity contribution in [3.05, 3.63) is 97.2 Å². The number of likely N-dealkylation sites (N-methyl/N-ethyl adjacent to an activating group) is 1. The maximum Gasteiger partial charge on any atom is 0.306 e. The van der Waals surface area contributed by atoms with Crippen LogP contribution in [0.5, 0.6) is 0 Å². The average Bonchev–Trinajstić information content (AvgIpc) is 3.40. The quantitative estimate of drug-likeness (QED) is 0.0195. The zero-order chi connectivity index (χ0) is 56.2. The van der Waals surface area contributed by atoms with Crippen molar-refractivity contribution >= 4 is 17.9 Å². The number of carboxylic acid groups (broad SMARTS) is 1. The molecule has 442 valence electrons. The van der Waals surface area contributed by atoms with Gasteiger partial charge >= 0.3 is 11.9 Å². The van der Waals surface area contributed by atoms with Crippen molar-refractivity contribution in [1.29, 1.82) is 0 Å². The number of rotatable bonds is 57. The van der Waals surface area contributed by atoms with Crippen LogP contribution in [0.15, 0.2) is 97.2 Å². The van der Waals surface area contributed by atoms with Crippen molar-refractivity contribution in [2.75, 3.05) is 47.5 Å². The van der Waals surface area contributed by atoms with Gasteiger partial charge in [-0.3, -0.25) is 9.59 Å². The zero-order valence-corrected chi connectivity index (χ0v) is 50.3. The van der Waals surface area contributed by atoms with Gasteiger partial charge in [-0.25, -0.2) is 0 Å². The van der Waals surface area contributed by atoms with Crippen LogP contribution in [-0.2, 0) is 33.3 Å². The van der Waals surface area contributed by atoms with Crippen LogP contribution in [0.1, 0.15) is 258 Å². The molecular formula is C68H117NO8. The summed E-state index contributed by atoms with van der Waals surface area (Å²) in [5.74, 6) is -2.28. The van der Waals surface area contributed by atoms with E-state index in [1.807, 2.05) is 21.1 Å². The Balaban J connectivity index is 4.12. The molecule has 0 aliphatic heterocycles. The number of unbranched alkanes of at least 4 members (excludes halogenated alkanes) is 26. The van der Waals surface area contributed by atoms with Gasteiger partial charge in [0.15, 0.2) is 12.4 Å². The highest BCUT2D eigenvalue weighted by Gasteiger charge is 2.22. The molecule has 0 heterocycles. The molecule has 0 bridgehead atoms. The molecule has 2 atom stereocenters. The molecule has 0 aromatic carbocycles. The van der Waals surface area contributed by atoms with Gasteiger partial charge in [-0.05, 0) is 77.0 Å². The minimum Gasteiger partial charge on any atom is -0.545 e. The van der Waals surface area contributed by atoms with Crippen LogP contribution in [-0.4, -0.2) is 82.3 Å². The van der Waals surface area contributed by atoms with Crippen LogP contribution in [0.25, 0.3) is 0 Å². The summed E-state index contributed by atoms with van der Waals surface area (Å²) in [5, 5.41) is 11.8. The Kier molecular flexibility index (Phi) is 55.5. The molecule has 9 heteroatoms. The molecule has 0 spiro atoms. The Bertz CT molecular complexity index is 1580. The average molecular weight is 1080 g/mol. The lowest BCUT2D eigenvalue weighted by atomic mass is 10.0. The van der Waals surface area contributed by atoms with E-state index in [1.54, 1.807) is 0 Å². The number of hydrogen-bond donors (Lipinski definition) is 0. The number of aliphatic carboxylic acids is 1. The summed E-state index contributed by atoms with van der Waals surface area (Å²) in [4.78, 5) is 37.3. The van der Waals surface area contributed by atoms with Gasteiger partial charge in [0.05, 0.1) is 40.3 Å².